The van der Waals surface area contributed by atoms with Crippen LogP contribution in [0, 0.1) is 11.3 Å². The molecule has 1 saturated heterocycles. The number of rotatable bonds is 4. The summed E-state index contributed by atoms with van der Waals surface area (Å²) in [5.74, 6) is -0.449. The maximum absolute atomic E-state index is 13.3. The van der Waals surface area contributed by atoms with Crippen LogP contribution in [-0.2, 0) is 21.8 Å². The van der Waals surface area contributed by atoms with Crippen molar-refractivity contribution in [3.8, 4) is 6.07 Å². The average molecular weight is 427 g/mol. The Balaban J connectivity index is 1.86. The van der Waals surface area contributed by atoms with Gasteiger partial charge in [-0.25, -0.2) is 0 Å². The van der Waals surface area contributed by atoms with Gasteiger partial charge in [0.1, 0.15) is 11.6 Å². The Kier molecular flexibility index (Phi) is 5.58. The smallest absolute Gasteiger partial charge is 0.370 e. The number of benzene rings is 1. The van der Waals surface area contributed by atoms with E-state index in [1.165, 1.54) is 30.1 Å². The highest BCUT2D eigenvalue weighted by molar-refractivity contribution is 7.85. The topological polar surface area (TPSA) is 112 Å². The number of carbonyl (C=O) groups excluding carboxylic acids is 1. The van der Waals surface area contributed by atoms with Crippen molar-refractivity contribution in [1.82, 2.24) is 10.2 Å². The molecule has 0 bridgehead atoms. The first kappa shape index (κ1) is 21.1. The molecule has 156 valence electrons. The van der Waals surface area contributed by atoms with Gasteiger partial charge < -0.3 is 16.0 Å². The first-order chi connectivity index (χ1) is 13.6. The maximum atomic E-state index is 13.3. The Bertz CT molecular complexity index is 907. The molecule has 1 aromatic carbocycles. The van der Waals surface area contributed by atoms with Crippen molar-refractivity contribution in [3.63, 3.8) is 0 Å². The SMILES string of the molecule is CN=C(N)N1C[C@H](S(=O)c2ccccc2C(F)(F)F)C[C@H]1C(=O)NC1(C#N)CC1. The van der Waals surface area contributed by atoms with Crippen LogP contribution in [0.15, 0.2) is 34.2 Å². The van der Waals surface area contributed by atoms with Crippen molar-refractivity contribution in [2.24, 2.45) is 10.7 Å². The number of guanidine groups is 1. The van der Waals surface area contributed by atoms with E-state index < -0.39 is 45.3 Å². The molecule has 29 heavy (non-hydrogen) atoms. The first-order valence-corrected chi connectivity index (χ1v) is 10.1. The van der Waals surface area contributed by atoms with Gasteiger partial charge in [-0.3, -0.25) is 14.0 Å². The summed E-state index contributed by atoms with van der Waals surface area (Å²) >= 11 is 0. The number of amides is 1. The van der Waals surface area contributed by atoms with Crippen molar-refractivity contribution in [2.45, 2.75) is 47.2 Å². The second kappa shape index (κ2) is 7.67. The highest BCUT2D eigenvalue weighted by Gasteiger charge is 2.49. The van der Waals surface area contributed by atoms with Gasteiger partial charge in [-0.1, -0.05) is 12.1 Å². The molecule has 1 heterocycles. The number of nitrogens with two attached hydrogens (primary N) is 1. The minimum Gasteiger partial charge on any atom is -0.370 e. The fraction of sp³-hybridized carbons (Fsp3) is 0.500. The van der Waals surface area contributed by atoms with Gasteiger partial charge in [0, 0.05) is 13.6 Å². The summed E-state index contributed by atoms with van der Waals surface area (Å²) in [7, 11) is -0.598. The normalized spacial score (nSPS) is 24.7. The van der Waals surface area contributed by atoms with Crippen molar-refractivity contribution in [1.29, 1.82) is 5.26 Å². The van der Waals surface area contributed by atoms with Gasteiger partial charge in [0.05, 0.1) is 32.6 Å². The lowest BCUT2D eigenvalue weighted by Gasteiger charge is -2.25. The molecule has 2 aliphatic rings. The zero-order chi connectivity index (χ0) is 21.4. The summed E-state index contributed by atoms with van der Waals surface area (Å²) in [5, 5.41) is 11.1. The van der Waals surface area contributed by atoms with Crippen LogP contribution in [-0.4, -0.2) is 51.4 Å². The average Bonchev–Trinajstić information content (AvgIpc) is 3.32. The third-order valence-corrected chi connectivity index (χ3v) is 6.86. The molecule has 1 aliphatic heterocycles. The van der Waals surface area contributed by atoms with Crippen LogP contribution < -0.4 is 11.1 Å². The van der Waals surface area contributed by atoms with Crippen molar-refractivity contribution in [3.05, 3.63) is 29.8 Å². The molecular formula is C18H20F3N5O2S. The van der Waals surface area contributed by atoms with Crippen molar-refractivity contribution < 1.29 is 22.2 Å². The Labute approximate surface area is 168 Å². The van der Waals surface area contributed by atoms with Crippen molar-refractivity contribution >= 4 is 22.7 Å². The molecule has 11 heteroatoms. The highest BCUT2D eigenvalue weighted by atomic mass is 32.2. The Hall–Kier alpha value is -2.61. The summed E-state index contributed by atoms with van der Waals surface area (Å²) < 4.78 is 53.0. The summed E-state index contributed by atoms with van der Waals surface area (Å²) in [5.41, 5.74) is 4.01. The molecule has 0 spiro atoms. The van der Waals surface area contributed by atoms with Gasteiger partial charge in [0.2, 0.25) is 5.91 Å². The summed E-state index contributed by atoms with van der Waals surface area (Å²) in [6.45, 7) is 0.0135. The zero-order valence-electron chi connectivity index (χ0n) is 15.6. The number of hydrogen-bond acceptors (Lipinski definition) is 4. The van der Waals surface area contributed by atoms with Gasteiger partial charge >= 0.3 is 6.18 Å². The minimum atomic E-state index is -4.64. The summed E-state index contributed by atoms with van der Waals surface area (Å²) in [4.78, 5) is 17.7. The lowest BCUT2D eigenvalue weighted by Crippen LogP contribution is -2.51. The monoisotopic (exact) mass is 427 g/mol. The summed E-state index contributed by atoms with van der Waals surface area (Å²) in [6, 6.07) is 5.88. The third-order valence-electron chi connectivity index (χ3n) is 5.13. The van der Waals surface area contributed by atoms with Gasteiger partial charge in [-0.2, -0.15) is 18.4 Å². The van der Waals surface area contributed by atoms with E-state index >= 15 is 0 Å². The Morgan fingerprint density at radius 2 is 2.07 bits per heavy atom. The second-order valence-corrected chi connectivity index (χ2v) is 8.78. The molecule has 1 aromatic rings. The molecule has 3 atom stereocenters. The predicted octanol–water partition coefficient (Wildman–Crippen LogP) is 1.37. The highest BCUT2D eigenvalue weighted by Crippen LogP contribution is 2.37. The van der Waals surface area contributed by atoms with E-state index in [2.05, 4.69) is 16.4 Å². The van der Waals surface area contributed by atoms with E-state index in [1.807, 2.05) is 0 Å². The van der Waals surface area contributed by atoms with Gasteiger partial charge in [-0.05, 0) is 31.4 Å². The van der Waals surface area contributed by atoms with Gasteiger partial charge in [-0.15, -0.1) is 0 Å². The molecule has 3 N–H and O–H groups in total. The van der Waals surface area contributed by atoms with Crippen LogP contribution >= 0.6 is 0 Å². The number of aliphatic imine (C=N–C) groups is 1. The molecule has 7 nitrogen and oxygen atoms in total. The number of nitrogens with one attached hydrogen (secondary N) is 1. The molecule has 1 unspecified atom stereocenters. The molecule has 3 rings (SSSR count). The zero-order valence-corrected chi connectivity index (χ0v) is 16.4. The van der Waals surface area contributed by atoms with Crippen LogP contribution in [0.2, 0.25) is 0 Å². The number of carbonyl (C=O) groups is 1. The van der Waals surface area contributed by atoms with E-state index in [0.29, 0.717) is 12.8 Å². The largest absolute Gasteiger partial charge is 0.417 e. The predicted molar refractivity (Wildman–Crippen MR) is 100 cm³/mol. The van der Waals surface area contributed by atoms with Crippen LogP contribution in [0.25, 0.3) is 0 Å². The van der Waals surface area contributed by atoms with Gasteiger partial charge in [0.15, 0.2) is 5.96 Å². The van der Waals surface area contributed by atoms with Crippen LogP contribution in [0.3, 0.4) is 0 Å². The number of nitrogens with zero attached hydrogens (tertiary/aromatic N) is 3. The third kappa shape index (κ3) is 4.22. The molecule has 1 saturated carbocycles. The number of halogens is 3. The van der Waals surface area contributed by atoms with Crippen LogP contribution in [0.4, 0.5) is 13.2 Å². The Morgan fingerprint density at radius 3 is 2.62 bits per heavy atom. The lowest BCUT2D eigenvalue weighted by atomic mass is 10.2. The Morgan fingerprint density at radius 1 is 1.41 bits per heavy atom. The summed E-state index contributed by atoms with van der Waals surface area (Å²) in [6.07, 6.45) is -3.54. The van der Waals surface area contributed by atoms with E-state index in [0.717, 1.165) is 6.07 Å². The first-order valence-electron chi connectivity index (χ1n) is 8.91. The van der Waals surface area contributed by atoms with Crippen LogP contribution in [0.5, 0.6) is 0 Å². The van der Waals surface area contributed by atoms with Crippen molar-refractivity contribution in [2.75, 3.05) is 13.6 Å². The van der Waals surface area contributed by atoms with E-state index in [4.69, 9.17) is 5.73 Å². The second-order valence-electron chi connectivity index (χ2n) is 7.08. The van der Waals surface area contributed by atoms with Crippen LogP contribution in [0.1, 0.15) is 24.8 Å². The van der Waals surface area contributed by atoms with Gasteiger partial charge in [0.25, 0.3) is 0 Å². The molecule has 1 amide bonds. The minimum absolute atomic E-state index is 0.0135. The molecule has 0 aromatic heterocycles. The molecule has 0 radical (unpaired) electrons. The quantitative estimate of drug-likeness (QED) is 0.557. The number of hydrogen-bond donors (Lipinski definition) is 2. The molecule has 1 aliphatic carbocycles. The number of alkyl halides is 3. The maximum Gasteiger partial charge on any atom is 0.417 e. The fourth-order valence-electron chi connectivity index (χ4n) is 3.35. The fourth-order valence-corrected chi connectivity index (χ4v) is 4.97. The van der Waals surface area contributed by atoms with E-state index in [1.54, 1.807) is 0 Å². The standard InChI is InChI=1S/C18H20F3N5O2S/c1-24-16(23)26-9-11(8-13(26)15(27)25-17(10-22)6-7-17)29(28)14-5-3-2-4-12(14)18(19,20)21/h2-5,11,13H,6-9H2,1H3,(H2,23,24)(H,25,27)/t11-,13+,29?/m1/s1. The molecular weight excluding hydrogens is 407 g/mol. The van der Waals surface area contributed by atoms with E-state index in [-0.39, 0.29) is 23.8 Å². The number of likely N-dealkylation sites (tertiary alicyclic amines) is 1. The number of nitriles is 1. The molecule has 2 fully saturated rings. The lowest BCUT2D eigenvalue weighted by molar-refractivity contribution is -0.139. The van der Waals surface area contributed by atoms with E-state index in [9.17, 15) is 27.4 Å².